The molecule has 0 radical (unpaired) electrons. The summed E-state index contributed by atoms with van der Waals surface area (Å²) in [7, 11) is 0. The SMILES string of the molecule is C#CC.CCC.CCCCCC#N.CCNC(=O)C(SC)C(C)Nc1cccc(NC(=O)C(C)(C)C)n1.O=CO. The van der Waals surface area contributed by atoms with Crippen LogP contribution in [0.4, 0.5) is 11.6 Å². The van der Waals surface area contributed by atoms with Gasteiger partial charge in [0.15, 0.2) is 0 Å². The number of unbranched alkanes of at least 4 members (excludes halogenated alkanes) is 3. The lowest BCUT2D eigenvalue weighted by Gasteiger charge is -2.23. The van der Waals surface area contributed by atoms with Gasteiger partial charge in [0.05, 0.1) is 6.07 Å². The number of carboxylic acid groups (broad SMARTS) is 1. The molecular formula is C30H53N5O4S. The Morgan fingerprint density at radius 1 is 1.18 bits per heavy atom. The van der Waals surface area contributed by atoms with Crippen LogP contribution in [0.25, 0.3) is 0 Å². The molecule has 2 atom stereocenters. The van der Waals surface area contributed by atoms with E-state index in [9.17, 15) is 9.59 Å². The highest BCUT2D eigenvalue weighted by molar-refractivity contribution is 8.00. The summed E-state index contributed by atoms with van der Waals surface area (Å²) in [6.07, 6.45) is 12.0. The Labute approximate surface area is 247 Å². The molecule has 2 amide bonds. The largest absolute Gasteiger partial charge is 0.483 e. The van der Waals surface area contributed by atoms with Crippen molar-refractivity contribution in [3.05, 3.63) is 18.2 Å². The van der Waals surface area contributed by atoms with Gasteiger partial charge in [0, 0.05) is 24.4 Å². The van der Waals surface area contributed by atoms with Crippen LogP contribution in [0.5, 0.6) is 0 Å². The van der Waals surface area contributed by atoms with Crippen LogP contribution < -0.4 is 16.0 Å². The van der Waals surface area contributed by atoms with Gasteiger partial charge < -0.3 is 21.1 Å². The Bertz CT molecular complexity index is 861. The van der Waals surface area contributed by atoms with Gasteiger partial charge in [0.2, 0.25) is 11.8 Å². The molecule has 2 unspecified atom stereocenters. The number of thioether (sulfide) groups is 1. The molecule has 0 saturated carbocycles. The minimum atomic E-state index is -0.486. The molecule has 0 aromatic carbocycles. The number of terminal acetylenes is 1. The molecule has 0 aliphatic rings. The van der Waals surface area contributed by atoms with Gasteiger partial charge in [-0.25, -0.2) is 4.98 Å². The van der Waals surface area contributed by atoms with Gasteiger partial charge in [-0.3, -0.25) is 14.4 Å². The highest BCUT2D eigenvalue weighted by atomic mass is 32.2. The van der Waals surface area contributed by atoms with Crippen molar-refractivity contribution in [2.75, 3.05) is 23.4 Å². The molecule has 1 aromatic rings. The van der Waals surface area contributed by atoms with Gasteiger partial charge in [-0.1, -0.05) is 66.9 Å². The van der Waals surface area contributed by atoms with Crippen molar-refractivity contribution in [1.82, 2.24) is 10.3 Å². The van der Waals surface area contributed by atoms with E-state index in [0.717, 1.165) is 12.8 Å². The number of rotatable bonds is 10. The second kappa shape index (κ2) is 30.3. The van der Waals surface area contributed by atoms with Crippen LogP contribution in [0.1, 0.15) is 94.4 Å². The van der Waals surface area contributed by atoms with Crippen LogP contribution in [-0.4, -0.2) is 52.5 Å². The van der Waals surface area contributed by atoms with Crippen LogP contribution in [-0.2, 0) is 14.4 Å². The van der Waals surface area contributed by atoms with Crippen molar-refractivity contribution in [2.24, 2.45) is 5.41 Å². The fourth-order valence-corrected chi connectivity index (χ4v) is 3.24. The molecule has 1 aromatic heterocycles. The first kappa shape index (κ1) is 43.8. The van der Waals surface area contributed by atoms with Gasteiger partial charge in [0.1, 0.15) is 16.9 Å². The Morgan fingerprint density at radius 3 is 2.08 bits per heavy atom. The normalized spacial score (nSPS) is 10.6. The third kappa shape index (κ3) is 27.8. The van der Waals surface area contributed by atoms with Crippen LogP contribution in [0.15, 0.2) is 18.2 Å². The summed E-state index contributed by atoms with van der Waals surface area (Å²) < 4.78 is 0. The summed E-state index contributed by atoms with van der Waals surface area (Å²) in [5.41, 5.74) is -0.486. The first-order valence-corrected chi connectivity index (χ1v) is 14.8. The number of carbonyl (C=O) groups excluding carboxylic acids is 2. The quantitative estimate of drug-likeness (QED) is 0.138. The van der Waals surface area contributed by atoms with Crippen LogP contribution in [0, 0.1) is 29.1 Å². The van der Waals surface area contributed by atoms with Crippen molar-refractivity contribution in [1.29, 1.82) is 5.26 Å². The van der Waals surface area contributed by atoms with Crippen molar-refractivity contribution < 1.29 is 19.5 Å². The predicted molar refractivity (Wildman–Crippen MR) is 170 cm³/mol. The number of nitriles is 1. The van der Waals surface area contributed by atoms with E-state index in [0.29, 0.717) is 18.2 Å². The minimum absolute atomic E-state index is 0.00203. The summed E-state index contributed by atoms with van der Waals surface area (Å²) in [5, 5.41) is 23.6. The molecule has 9 nitrogen and oxygen atoms in total. The second-order valence-corrected chi connectivity index (χ2v) is 10.3. The summed E-state index contributed by atoms with van der Waals surface area (Å²) in [6, 6.07) is 7.38. The molecule has 228 valence electrons. The summed E-state index contributed by atoms with van der Waals surface area (Å²) in [5.74, 6) is 3.27. The average Bonchev–Trinajstić information content (AvgIpc) is 2.86. The Balaban J connectivity index is -0.000000332. The number of pyridine rings is 1. The zero-order valence-corrected chi connectivity index (χ0v) is 27.1. The van der Waals surface area contributed by atoms with Crippen LogP contribution in [0.2, 0.25) is 0 Å². The van der Waals surface area contributed by atoms with Gasteiger partial charge in [-0.2, -0.15) is 5.26 Å². The van der Waals surface area contributed by atoms with Gasteiger partial charge in [-0.15, -0.1) is 24.1 Å². The molecule has 0 fully saturated rings. The van der Waals surface area contributed by atoms with E-state index in [1.165, 1.54) is 31.0 Å². The molecule has 4 N–H and O–H groups in total. The molecule has 0 saturated heterocycles. The standard InChI is InChI=1S/C17H28N4O2S.C6H11N.C3H8.C3H4.CH2O2/c1-7-18-15(22)14(24-6)11(2)19-12-9-8-10-13(20-12)21-16(23)17(3,4)5;1-2-3-4-5-6-7;2*1-3-2;2-1-3/h8-11,14H,7H2,1-6H3,(H,18,22)(H2,19,20,21,23);2-5H2,1H3;3H2,1-2H3;1H,2H3;1H,(H,2,3). The maximum absolute atomic E-state index is 12.1. The molecule has 1 heterocycles. The third-order valence-corrected chi connectivity index (χ3v) is 5.39. The fraction of sp³-hybridized carbons (Fsp3) is 0.633. The van der Waals surface area contributed by atoms with E-state index in [-0.39, 0.29) is 29.6 Å². The number of nitrogens with zero attached hydrogens (tertiary/aromatic N) is 2. The topological polar surface area (TPSA) is 144 Å². The van der Waals surface area contributed by atoms with Crippen molar-refractivity contribution in [3.63, 3.8) is 0 Å². The van der Waals surface area contributed by atoms with E-state index in [1.54, 1.807) is 13.0 Å². The number of aromatic nitrogens is 1. The average molecular weight is 580 g/mol. The lowest BCUT2D eigenvalue weighted by molar-refractivity contribution is -0.123. The van der Waals surface area contributed by atoms with E-state index >= 15 is 0 Å². The van der Waals surface area contributed by atoms with E-state index < -0.39 is 5.41 Å². The number of carbonyl (C=O) groups is 3. The lowest BCUT2D eigenvalue weighted by atomic mass is 9.96. The summed E-state index contributed by atoms with van der Waals surface area (Å²) in [6.45, 7) is 17.8. The van der Waals surface area contributed by atoms with E-state index in [1.807, 2.05) is 53.0 Å². The minimum Gasteiger partial charge on any atom is -0.483 e. The van der Waals surface area contributed by atoms with E-state index in [4.69, 9.17) is 15.2 Å². The number of amides is 2. The first-order chi connectivity index (χ1) is 18.8. The maximum Gasteiger partial charge on any atom is 0.290 e. The number of hydrogen-bond donors (Lipinski definition) is 4. The van der Waals surface area contributed by atoms with Crippen LogP contribution >= 0.6 is 11.8 Å². The van der Waals surface area contributed by atoms with Gasteiger partial charge >= 0.3 is 0 Å². The van der Waals surface area contributed by atoms with Crippen molar-refractivity contribution in [3.8, 4) is 18.4 Å². The summed E-state index contributed by atoms with van der Waals surface area (Å²) in [4.78, 5) is 36.9. The highest BCUT2D eigenvalue weighted by Crippen LogP contribution is 2.19. The van der Waals surface area contributed by atoms with Gasteiger partial charge in [0.25, 0.3) is 6.47 Å². The van der Waals surface area contributed by atoms with Crippen molar-refractivity contribution >= 4 is 41.7 Å². The molecule has 0 aliphatic heterocycles. The second-order valence-electron chi connectivity index (χ2n) is 9.31. The molecule has 0 aliphatic carbocycles. The Kier molecular flexibility index (Phi) is 33.2. The Hall–Kier alpha value is -3.24. The lowest BCUT2D eigenvalue weighted by Crippen LogP contribution is -2.42. The van der Waals surface area contributed by atoms with E-state index in [2.05, 4.69) is 60.1 Å². The number of hydrogen-bond acceptors (Lipinski definition) is 7. The molecular weight excluding hydrogens is 526 g/mol. The maximum atomic E-state index is 12.1. The smallest absolute Gasteiger partial charge is 0.290 e. The molecule has 40 heavy (non-hydrogen) atoms. The monoisotopic (exact) mass is 579 g/mol. The zero-order chi connectivity index (χ0) is 32.0. The fourth-order valence-electron chi connectivity index (χ4n) is 2.46. The Morgan fingerprint density at radius 2 is 1.68 bits per heavy atom. The predicted octanol–water partition coefficient (Wildman–Crippen LogP) is 6.58. The van der Waals surface area contributed by atoms with Crippen molar-refractivity contribution in [2.45, 2.75) is 106 Å². The molecule has 10 heteroatoms. The molecule has 1 rings (SSSR count). The summed E-state index contributed by atoms with van der Waals surface area (Å²) >= 11 is 1.49. The molecule has 0 spiro atoms. The number of nitrogens with one attached hydrogen (secondary N) is 3. The third-order valence-electron chi connectivity index (χ3n) is 4.26. The number of anilines is 2. The van der Waals surface area contributed by atoms with Gasteiger partial charge in [-0.05, 0) is 45.6 Å². The highest BCUT2D eigenvalue weighted by Gasteiger charge is 2.24. The first-order valence-electron chi connectivity index (χ1n) is 13.5. The zero-order valence-electron chi connectivity index (χ0n) is 26.3. The van der Waals surface area contributed by atoms with Crippen LogP contribution in [0.3, 0.4) is 0 Å². The molecule has 0 bridgehead atoms.